The van der Waals surface area contributed by atoms with Crippen molar-refractivity contribution in [2.75, 3.05) is 39.6 Å². The number of esters is 4. The van der Waals surface area contributed by atoms with Crippen LogP contribution < -0.4 is 0 Å². The Morgan fingerprint density at radius 1 is 0.269 bits per heavy atom. The summed E-state index contributed by atoms with van der Waals surface area (Å²) in [6, 6.07) is 0. The van der Waals surface area contributed by atoms with Crippen molar-refractivity contribution >= 4 is 39.5 Å². The second-order valence-electron chi connectivity index (χ2n) is 27.3. The lowest BCUT2D eigenvalue weighted by Gasteiger charge is -2.21. The highest BCUT2D eigenvalue weighted by atomic mass is 31.2. The van der Waals surface area contributed by atoms with E-state index in [2.05, 4.69) is 186 Å². The predicted molar refractivity (Wildman–Crippen MR) is 445 cm³/mol. The van der Waals surface area contributed by atoms with Crippen LogP contribution in [0.5, 0.6) is 0 Å². The maximum atomic E-state index is 13.1. The lowest BCUT2D eigenvalue weighted by atomic mass is 10.1. The summed E-state index contributed by atoms with van der Waals surface area (Å²) < 4.78 is 68.7. The molecule has 5 atom stereocenters. The van der Waals surface area contributed by atoms with Crippen molar-refractivity contribution in [3.8, 4) is 0 Å². The molecule has 0 aromatic rings. The number of allylic oxidation sites excluding steroid dienone is 26. The van der Waals surface area contributed by atoms with Crippen molar-refractivity contribution in [3.05, 3.63) is 158 Å². The highest BCUT2D eigenvalue weighted by molar-refractivity contribution is 7.47. The van der Waals surface area contributed by atoms with E-state index in [1.54, 1.807) is 0 Å². The normalized spacial score (nSPS) is 14.6. The minimum absolute atomic E-state index is 0.0675. The van der Waals surface area contributed by atoms with Gasteiger partial charge >= 0.3 is 39.5 Å². The monoisotopic (exact) mass is 1550 g/mol. The Morgan fingerprint density at radius 3 is 0.787 bits per heavy atom. The molecule has 5 unspecified atom stereocenters. The van der Waals surface area contributed by atoms with Crippen molar-refractivity contribution in [1.82, 2.24) is 0 Å². The smallest absolute Gasteiger partial charge is 0.462 e. The molecule has 17 nitrogen and oxygen atoms in total. The molecular weight excluding hydrogens is 1400 g/mol. The van der Waals surface area contributed by atoms with Crippen LogP contribution in [-0.4, -0.2) is 96.7 Å². The first-order chi connectivity index (χ1) is 52.7. The fourth-order valence-corrected chi connectivity index (χ4v) is 12.2. The van der Waals surface area contributed by atoms with Crippen molar-refractivity contribution in [2.24, 2.45) is 0 Å². The van der Waals surface area contributed by atoms with Gasteiger partial charge in [0.25, 0.3) is 0 Å². The second kappa shape index (κ2) is 79.8. The molecule has 0 aromatic carbocycles. The number of unbranched alkanes of at least 4 members (excludes halogenated alkanes) is 25. The highest BCUT2D eigenvalue weighted by Crippen LogP contribution is 2.45. The van der Waals surface area contributed by atoms with Gasteiger partial charge in [0.2, 0.25) is 0 Å². The van der Waals surface area contributed by atoms with Gasteiger partial charge in [-0.05, 0) is 167 Å². The van der Waals surface area contributed by atoms with Crippen LogP contribution in [0, 0.1) is 0 Å². The van der Waals surface area contributed by atoms with Crippen molar-refractivity contribution in [3.63, 3.8) is 0 Å². The fourth-order valence-electron chi connectivity index (χ4n) is 10.7. The molecule has 0 aromatic heterocycles. The minimum atomic E-state index is -5.00. The number of hydrogen-bond acceptors (Lipinski definition) is 15. The number of carbonyl (C=O) groups excluding carboxylic acids is 4. The SMILES string of the molecule is CC/C=C\C/C=C\C/C=C\C/C=C\C/C=C\CCCCCC(=O)OCC(COP(=O)(O)OCC(O)COP(=O)(O)OCC(COC(=O)CCCCCCCCC/C=C\C/C=C\C/C=C\CC)OC(=O)CCCCCCC/C=C\C/C=C\CCC)OC(=O)CCCCCCCC/C=C\C/C=C\C/C=C\CCCCC. The van der Waals surface area contributed by atoms with Gasteiger partial charge in [-0.25, -0.2) is 9.13 Å². The Morgan fingerprint density at radius 2 is 0.500 bits per heavy atom. The maximum Gasteiger partial charge on any atom is 0.472 e. The van der Waals surface area contributed by atoms with Crippen LogP contribution in [0.1, 0.15) is 323 Å². The summed E-state index contributed by atoms with van der Waals surface area (Å²) in [5.41, 5.74) is 0. The number of carbonyl (C=O) groups is 4. The van der Waals surface area contributed by atoms with E-state index in [4.69, 9.17) is 37.0 Å². The minimum Gasteiger partial charge on any atom is -0.462 e. The molecule has 616 valence electrons. The molecule has 0 saturated heterocycles. The molecule has 0 rings (SSSR count). The lowest BCUT2D eigenvalue weighted by Crippen LogP contribution is -2.30. The molecule has 0 saturated carbocycles. The average molecular weight is 1550 g/mol. The molecule has 0 amide bonds. The summed E-state index contributed by atoms with van der Waals surface area (Å²) in [6.45, 7) is 4.49. The molecule has 0 fully saturated rings. The van der Waals surface area contributed by atoms with E-state index < -0.39 is 97.5 Å². The van der Waals surface area contributed by atoms with E-state index in [0.29, 0.717) is 25.7 Å². The largest absolute Gasteiger partial charge is 0.472 e. The van der Waals surface area contributed by atoms with E-state index >= 15 is 0 Å². The number of hydrogen-bond donors (Lipinski definition) is 3. The number of rotatable bonds is 77. The van der Waals surface area contributed by atoms with Crippen LogP contribution in [0.4, 0.5) is 0 Å². The van der Waals surface area contributed by atoms with Crippen LogP contribution in [0.15, 0.2) is 158 Å². The zero-order valence-electron chi connectivity index (χ0n) is 67.5. The fraction of sp³-hybridized carbons (Fsp3) is 0.663. The molecule has 0 radical (unpaired) electrons. The Hall–Kier alpha value is -5.32. The average Bonchev–Trinajstić information content (AvgIpc) is 0.892. The summed E-state index contributed by atoms with van der Waals surface area (Å²) >= 11 is 0. The lowest BCUT2D eigenvalue weighted by molar-refractivity contribution is -0.161. The summed E-state index contributed by atoms with van der Waals surface area (Å²) in [7, 11) is -9.99. The van der Waals surface area contributed by atoms with E-state index in [0.717, 1.165) is 225 Å². The van der Waals surface area contributed by atoms with Gasteiger partial charge < -0.3 is 33.8 Å². The third-order valence-corrected chi connectivity index (χ3v) is 18.8. The van der Waals surface area contributed by atoms with Gasteiger partial charge in [-0.3, -0.25) is 37.3 Å². The Bertz CT molecular complexity index is 2660. The van der Waals surface area contributed by atoms with E-state index in [-0.39, 0.29) is 25.7 Å². The number of phosphoric ester groups is 2. The summed E-state index contributed by atoms with van der Waals surface area (Å²) in [5, 5.41) is 10.7. The van der Waals surface area contributed by atoms with Gasteiger partial charge in [-0.15, -0.1) is 0 Å². The van der Waals surface area contributed by atoms with E-state index in [9.17, 15) is 43.2 Å². The van der Waals surface area contributed by atoms with Crippen molar-refractivity contribution in [2.45, 2.75) is 341 Å². The molecule has 0 spiro atoms. The van der Waals surface area contributed by atoms with Crippen LogP contribution in [0.2, 0.25) is 0 Å². The first-order valence-corrected chi connectivity index (χ1v) is 44.7. The van der Waals surface area contributed by atoms with Gasteiger partial charge in [0.15, 0.2) is 12.2 Å². The molecule has 0 aliphatic carbocycles. The molecule has 0 aliphatic heterocycles. The molecule has 0 aliphatic rings. The van der Waals surface area contributed by atoms with Crippen LogP contribution >= 0.6 is 15.6 Å². The predicted octanol–water partition coefficient (Wildman–Crippen LogP) is 24.8. The van der Waals surface area contributed by atoms with Crippen LogP contribution in [-0.2, 0) is 65.4 Å². The summed E-state index contributed by atoms with van der Waals surface area (Å²) in [4.78, 5) is 73.2. The Kier molecular flexibility index (Phi) is 75.8. The first-order valence-electron chi connectivity index (χ1n) is 41.7. The quantitative estimate of drug-likeness (QED) is 0.0169. The Balaban J connectivity index is 5.43. The number of aliphatic hydroxyl groups is 1. The Labute approximate surface area is 655 Å². The van der Waals surface area contributed by atoms with E-state index in [1.165, 1.54) is 19.3 Å². The topological polar surface area (TPSA) is 237 Å². The van der Waals surface area contributed by atoms with Gasteiger partial charge in [0.1, 0.15) is 19.3 Å². The zero-order chi connectivity index (χ0) is 78.9. The third kappa shape index (κ3) is 78.8. The maximum absolute atomic E-state index is 13.1. The van der Waals surface area contributed by atoms with Gasteiger partial charge in [0.05, 0.1) is 26.4 Å². The molecule has 0 bridgehead atoms. The van der Waals surface area contributed by atoms with Crippen molar-refractivity contribution in [1.29, 1.82) is 0 Å². The molecule has 19 heteroatoms. The zero-order valence-corrected chi connectivity index (χ0v) is 69.3. The number of aliphatic hydroxyl groups excluding tert-OH is 1. The third-order valence-electron chi connectivity index (χ3n) is 16.9. The highest BCUT2D eigenvalue weighted by Gasteiger charge is 2.30. The van der Waals surface area contributed by atoms with Gasteiger partial charge in [0, 0.05) is 25.7 Å². The molecule has 0 heterocycles. The molecule has 3 N–H and O–H groups in total. The van der Waals surface area contributed by atoms with Crippen LogP contribution in [0.25, 0.3) is 0 Å². The van der Waals surface area contributed by atoms with Gasteiger partial charge in [-0.2, -0.15) is 0 Å². The number of phosphoric acid groups is 2. The van der Waals surface area contributed by atoms with Crippen LogP contribution in [0.3, 0.4) is 0 Å². The van der Waals surface area contributed by atoms with E-state index in [1.807, 2.05) is 0 Å². The standard InChI is InChI=1S/C89H148O17P2/c1-5-9-13-17-21-25-29-33-36-39-41-44-47-51-54-58-62-66-70-74-87(92)100-80-85(106-89(94)76-72-68-64-60-56-52-48-45-42-40-37-34-30-26-22-18-14-10-6-2)82-104-108(97,98)102-78-83(90)77-101-107(95,96)103-81-84(105-88(93)75-71-67-63-59-55-49-32-28-24-20-16-12-8-4)79-99-86(91)73-69-65-61-57-53-50-46-43-38-35-31-27-23-19-15-11-7-3/h9,11,13,15-16,20-23,25-28,32-38,41-42,44-45,51,54,83-85,90H,5-8,10,12,14,17-19,24,29-31,39-40,43,46-50,52-53,55-82H2,1-4H3,(H,95,96)(H,97,98)/b13-9-,15-11-,20-16-,25-21-,26-22-,27-23-,32-28-,36-33-,37-34-,38-35-,44-41-,45-42-,54-51-. The van der Waals surface area contributed by atoms with Crippen molar-refractivity contribution < 1.29 is 80.2 Å². The molecule has 108 heavy (non-hydrogen) atoms. The number of ether oxygens (including phenoxy) is 4. The second-order valence-corrected chi connectivity index (χ2v) is 30.2. The van der Waals surface area contributed by atoms with Gasteiger partial charge in [-0.1, -0.05) is 288 Å². The summed E-state index contributed by atoms with van der Waals surface area (Å²) in [5.74, 6) is -2.25. The molecular formula is C89H148O17P2. The first kappa shape index (κ1) is 103. The summed E-state index contributed by atoms with van der Waals surface area (Å²) in [6.07, 6.45) is 93.5.